The van der Waals surface area contributed by atoms with E-state index in [1.165, 1.54) is 0 Å². The average Bonchev–Trinajstić information content (AvgIpc) is 2.69. The number of anilines is 1. The summed E-state index contributed by atoms with van der Waals surface area (Å²) < 4.78 is 10.8. The molecule has 3 amide bonds. The molecule has 0 bridgehead atoms. The number of nitrogens with one attached hydrogen (secondary N) is 3. The molecule has 1 heterocycles. The van der Waals surface area contributed by atoms with Crippen LogP contribution in [0.3, 0.4) is 0 Å². The van der Waals surface area contributed by atoms with Gasteiger partial charge in [0, 0.05) is 5.70 Å². The molecule has 0 radical (unpaired) electrons. The zero-order valence-corrected chi connectivity index (χ0v) is 16.0. The van der Waals surface area contributed by atoms with Crippen molar-refractivity contribution in [3.63, 3.8) is 0 Å². The Morgan fingerprint density at radius 1 is 1.14 bits per heavy atom. The predicted octanol–water partition coefficient (Wildman–Crippen LogP) is 3.36. The lowest BCUT2D eigenvalue weighted by molar-refractivity contribution is -0.113. The number of methoxy groups -OCH3 is 1. The molecule has 0 aliphatic carbocycles. The topological polar surface area (TPSA) is 88.7 Å². The van der Waals surface area contributed by atoms with Crippen LogP contribution in [-0.2, 0) is 4.79 Å². The molecule has 28 heavy (non-hydrogen) atoms. The van der Waals surface area contributed by atoms with Gasteiger partial charge >= 0.3 is 6.03 Å². The number of ether oxygens (including phenoxy) is 2. The van der Waals surface area contributed by atoms with E-state index in [4.69, 9.17) is 9.47 Å². The van der Waals surface area contributed by atoms with E-state index in [9.17, 15) is 9.59 Å². The Bertz CT molecular complexity index is 906. The summed E-state index contributed by atoms with van der Waals surface area (Å²) in [5, 5.41) is 8.38. The Balaban J connectivity index is 1.92. The second-order valence-electron chi connectivity index (χ2n) is 6.23. The van der Waals surface area contributed by atoms with Crippen LogP contribution in [0.15, 0.2) is 59.8 Å². The van der Waals surface area contributed by atoms with Gasteiger partial charge < -0.3 is 25.4 Å². The number of rotatable bonds is 6. The maximum absolute atomic E-state index is 13.1. The van der Waals surface area contributed by atoms with Crippen molar-refractivity contribution in [3.8, 4) is 11.5 Å². The van der Waals surface area contributed by atoms with Crippen molar-refractivity contribution in [1.82, 2.24) is 10.6 Å². The minimum Gasteiger partial charge on any atom is -0.497 e. The fraction of sp³-hybridized carbons (Fsp3) is 0.238. The predicted molar refractivity (Wildman–Crippen MR) is 106 cm³/mol. The molecule has 146 valence electrons. The SMILES string of the molecule is CCOc1ccccc1NC(=O)C1=C(C)NC(=O)NC1c1ccc(OC)cc1. The van der Waals surface area contributed by atoms with Crippen molar-refractivity contribution in [3.05, 3.63) is 65.4 Å². The molecule has 0 spiro atoms. The molecule has 7 nitrogen and oxygen atoms in total. The van der Waals surface area contributed by atoms with E-state index in [-0.39, 0.29) is 11.9 Å². The standard InChI is InChI=1S/C21H23N3O4/c1-4-28-17-8-6-5-7-16(17)23-20(25)18-13(2)22-21(26)24-19(18)14-9-11-15(27-3)12-10-14/h5-12,19H,4H2,1-3H3,(H,23,25)(H2,22,24,26). The summed E-state index contributed by atoms with van der Waals surface area (Å²) in [6.07, 6.45) is 0. The van der Waals surface area contributed by atoms with Gasteiger partial charge in [-0.15, -0.1) is 0 Å². The van der Waals surface area contributed by atoms with E-state index < -0.39 is 6.04 Å². The van der Waals surface area contributed by atoms with Crippen molar-refractivity contribution in [1.29, 1.82) is 0 Å². The van der Waals surface area contributed by atoms with Crippen molar-refractivity contribution < 1.29 is 19.1 Å². The number of allylic oxidation sites excluding steroid dienone is 1. The average molecular weight is 381 g/mol. The molecule has 0 saturated heterocycles. The lowest BCUT2D eigenvalue weighted by Gasteiger charge is -2.29. The van der Waals surface area contributed by atoms with Crippen molar-refractivity contribution in [2.24, 2.45) is 0 Å². The fourth-order valence-corrected chi connectivity index (χ4v) is 3.08. The highest BCUT2D eigenvalue weighted by molar-refractivity contribution is 6.07. The van der Waals surface area contributed by atoms with E-state index in [0.29, 0.717) is 35.1 Å². The quantitative estimate of drug-likeness (QED) is 0.716. The summed E-state index contributed by atoms with van der Waals surface area (Å²) >= 11 is 0. The Kier molecular flexibility index (Phi) is 5.84. The first-order chi connectivity index (χ1) is 13.5. The van der Waals surface area contributed by atoms with E-state index in [1.54, 1.807) is 38.3 Å². The molecule has 2 aromatic rings. The molecule has 0 saturated carbocycles. The maximum atomic E-state index is 13.1. The van der Waals surface area contributed by atoms with Crippen LogP contribution in [0.5, 0.6) is 11.5 Å². The molecule has 3 rings (SSSR count). The van der Waals surface area contributed by atoms with Gasteiger partial charge in [0.2, 0.25) is 0 Å². The summed E-state index contributed by atoms with van der Waals surface area (Å²) in [5.74, 6) is 0.963. The third-order valence-electron chi connectivity index (χ3n) is 4.40. The van der Waals surface area contributed by atoms with Crippen LogP contribution < -0.4 is 25.4 Å². The molecule has 1 aliphatic heterocycles. The van der Waals surface area contributed by atoms with Gasteiger partial charge in [-0.25, -0.2) is 4.79 Å². The van der Waals surface area contributed by atoms with E-state index >= 15 is 0 Å². The highest BCUT2D eigenvalue weighted by Gasteiger charge is 2.31. The van der Waals surface area contributed by atoms with Crippen molar-refractivity contribution in [2.75, 3.05) is 19.0 Å². The number of urea groups is 1. The van der Waals surface area contributed by atoms with Gasteiger partial charge in [0.25, 0.3) is 5.91 Å². The van der Waals surface area contributed by atoms with Gasteiger partial charge in [0.15, 0.2) is 0 Å². The summed E-state index contributed by atoms with van der Waals surface area (Å²) in [5.41, 5.74) is 2.27. The smallest absolute Gasteiger partial charge is 0.319 e. The minimum absolute atomic E-state index is 0.321. The monoisotopic (exact) mass is 381 g/mol. The van der Waals surface area contributed by atoms with Gasteiger partial charge in [-0.1, -0.05) is 24.3 Å². The van der Waals surface area contributed by atoms with E-state index in [0.717, 1.165) is 5.56 Å². The highest BCUT2D eigenvalue weighted by atomic mass is 16.5. The van der Waals surface area contributed by atoms with Crippen molar-refractivity contribution >= 4 is 17.6 Å². The number of hydrogen-bond donors (Lipinski definition) is 3. The number of benzene rings is 2. The number of amides is 3. The Morgan fingerprint density at radius 3 is 2.54 bits per heavy atom. The Morgan fingerprint density at radius 2 is 1.86 bits per heavy atom. The third kappa shape index (κ3) is 4.09. The van der Waals surface area contributed by atoms with E-state index in [1.807, 2.05) is 31.2 Å². The van der Waals surface area contributed by atoms with Gasteiger partial charge in [-0.2, -0.15) is 0 Å². The molecule has 1 unspecified atom stereocenters. The van der Waals surface area contributed by atoms with Crippen LogP contribution in [0.2, 0.25) is 0 Å². The lowest BCUT2D eigenvalue weighted by Crippen LogP contribution is -2.45. The highest BCUT2D eigenvalue weighted by Crippen LogP contribution is 2.30. The molecular formula is C21H23N3O4. The van der Waals surface area contributed by atoms with E-state index in [2.05, 4.69) is 16.0 Å². The van der Waals surface area contributed by atoms with Crippen LogP contribution >= 0.6 is 0 Å². The summed E-state index contributed by atoms with van der Waals surface area (Å²) in [4.78, 5) is 25.1. The molecule has 7 heteroatoms. The second kappa shape index (κ2) is 8.47. The largest absolute Gasteiger partial charge is 0.497 e. The zero-order valence-electron chi connectivity index (χ0n) is 16.0. The number of carbonyl (C=O) groups is 2. The van der Waals surface area contributed by atoms with Gasteiger partial charge in [-0.3, -0.25) is 4.79 Å². The van der Waals surface area contributed by atoms with Crippen LogP contribution in [0, 0.1) is 0 Å². The molecule has 1 aliphatic rings. The first-order valence-electron chi connectivity index (χ1n) is 8.99. The minimum atomic E-state index is -0.584. The first-order valence-corrected chi connectivity index (χ1v) is 8.99. The van der Waals surface area contributed by atoms with Crippen LogP contribution in [0.25, 0.3) is 0 Å². The zero-order chi connectivity index (χ0) is 20.1. The van der Waals surface area contributed by atoms with Gasteiger partial charge in [-0.05, 0) is 43.7 Å². The third-order valence-corrected chi connectivity index (χ3v) is 4.40. The summed E-state index contributed by atoms with van der Waals surface area (Å²) in [6.45, 7) is 4.07. The Labute approximate surface area is 163 Å². The number of para-hydroxylation sites is 2. The van der Waals surface area contributed by atoms with Crippen LogP contribution in [0.1, 0.15) is 25.5 Å². The fourth-order valence-electron chi connectivity index (χ4n) is 3.08. The van der Waals surface area contributed by atoms with Crippen LogP contribution in [0.4, 0.5) is 10.5 Å². The van der Waals surface area contributed by atoms with Crippen LogP contribution in [-0.4, -0.2) is 25.7 Å². The maximum Gasteiger partial charge on any atom is 0.319 e. The lowest BCUT2D eigenvalue weighted by atomic mass is 9.94. The number of carbonyl (C=O) groups excluding carboxylic acids is 2. The Hall–Kier alpha value is -3.48. The second-order valence-corrected chi connectivity index (χ2v) is 6.23. The normalized spacial score (nSPS) is 16.1. The molecular weight excluding hydrogens is 358 g/mol. The summed E-state index contributed by atoms with van der Waals surface area (Å²) in [7, 11) is 1.58. The molecule has 0 aromatic heterocycles. The molecule has 2 aromatic carbocycles. The van der Waals surface area contributed by atoms with Gasteiger partial charge in [0.1, 0.15) is 11.5 Å². The number of hydrogen-bond acceptors (Lipinski definition) is 4. The van der Waals surface area contributed by atoms with Gasteiger partial charge in [0.05, 0.1) is 31.0 Å². The molecule has 3 N–H and O–H groups in total. The summed E-state index contributed by atoms with van der Waals surface area (Å²) in [6, 6.07) is 13.5. The molecule has 1 atom stereocenters. The molecule has 0 fully saturated rings. The van der Waals surface area contributed by atoms with Crippen molar-refractivity contribution in [2.45, 2.75) is 19.9 Å². The first kappa shape index (κ1) is 19.3.